The molecule has 0 saturated carbocycles. The maximum Gasteiger partial charge on any atom is 0.214 e. The summed E-state index contributed by atoms with van der Waals surface area (Å²) in [4.78, 5) is 3.99. The highest BCUT2D eigenvalue weighted by Crippen LogP contribution is 2.06. The SMILES string of the molecule is CC(C)COCCOc1cccc(C#N)n1. The third-order valence-electron chi connectivity index (χ3n) is 1.77. The highest BCUT2D eigenvalue weighted by atomic mass is 16.5. The molecule has 1 aromatic heterocycles. The third-order valence-corrected chi connectivity index (χ3v) is 1.77. The Morgan fingerprint density at radius 2 is 2.19 bits per heavy atom. The van der Waals surface area contributed by atoms with Gasteiger partial charge in [-0.2, -0.15) is 5.26 Å². The molecule has 0 aliphatic carbocycles. The molecular weight excluding hydrogens is 204 g/mol. The maximum atomic E-state index is 8.64. The molecule has 1 aromatic rings. The first kappa shape index (κ1) is 12.5. The van der Waals surface area contributed by atoms with Crippen molar-refractivity contribution in [1.29, 1.82) is 5.26 Å². The highest BCUT2D eigenvalue weighted by molar-refractivity contribution is 5.24. The fourth-order valence-electron chi connectivity index (χ4n) is 1.08. The Hall–Kier alpha value is -1.60. The molecule has 0 N–H and O–H groups in total. The van der Waals surface area contributed by atoms with Crippen molar-refractivity contribution < 1.29 is 9.47 Å². The van der Waals surface area contributed by atoms with Crippen LogP contribution in [0.25, 0.3) is 0 Å². The molecular formula is C12H16N2O2. The van der Waals surface area contributed by atoms with Crippen LogP contribution in [0.15, 0.2) is 18.2 Å². The van der Waals surface area contributed by atoms with Crippen LogP contribution in [0, 0.1) is 17.2 Å². The van der Waals surface area contributed by atoms with Crippen molar-refractivity contribution in [2.45, 2.75) is 13.8 Å². The van der Waals surface area contributed by atoms with E-state index in [4.69, 9.17) is 14.7 Å². The predicted octanol–water partition coefficient (Wildman–Crippen LogP) is 2.00. The summed E-state index contributed by atoms with van der Waals surface area (Å²) in [5, 5.41) is 8.64. The van der Waals surface area contributed by atoms with Gasteiger partial charge in [-0.05, 0) is 12.0 Å². The number of aromatic nitrogens is 1. The van der Waals surface area contributed by atoms with Crippen molar-refractivity contribution in [2.75, 3.05) is 19.8 Å². The quantitative estimate of drug-likeness (QED) is 0.688. The standard InChI is InChI=1S/C12H16N2O2/c1-10(2)9-15-6-7-16-12-5-3-4-11(8-13)14-12/h3-5,10H,6-7,9H2,1-2H3. The minimum absolute atomic E-state index is 0.362. The van der Waals surface area contributed by atoms with Crippen LogP contribution in [-0.2, 0) is 4.74 Å². The van der Waals surface area contributed by atoms with Crippen molar-refractivity contribution in [3.8, 4) is 11.9 Å². The van der Waals surface area contributed by atoms with E-state index in [2.05, 4.69) is 18.8 Å². The molecule has 86 valence electrons. The number of hydrogen-bond donors (Lipinski definition) is 0. The molecule has 1 heterocycles. The van der Waals surface area contributed by atoms with Gasteiger partial charge in [-0.1, -0.05) is 19.9 Å². The van der Waals surface area contributed by atoms with Gasteiger partial charge in [-0.15, -0.1) is 0 Å². The van der Waals surface area contributed by atoms with Gasteiger partial charge in [0.2, 0.25) is 5.88 Å². The molecule has 0 radical (unpaired) electrons. The van der Waals surface area contributed by atoms with Crippen LogP contribution >= 0.6 is 0 Å². The Morgan fingerprint density at radius 1 is 1.38 bits per heavy atom. The fourth-order valence-corrected chi connectivity index (χ4v) is 1.08. The molecule has 0 fully saturated rings. The second-order valence-electron chi connectivity index (χ2n) is 3.79. The van der Waals surface area contributed by atoms with Crippen LogP contribution in [0.5, 0.6) is 5.88 Å². The lowest BCUT2D eigenvalue weighted by Crippen LogP contribution is -2.10. The van der Waals surface area contributed by atoms with E-state index < -0.39 is 0 Å². The van der Waals surface area contributed by atoms with E-state index in [0.717, 1.165) is 6.61 Å². The normalized spacial score (nSPS) is 10.1. The van der Waals surface area contributed by atoms with Crippen LogP contribution in [0.3, 0.4) is 0 Å². The zero-order valence-corrected chi connectivity index (χ0v) is 9.64. The largest absolute Gasteiger partial charge is 0.475 e. The Morgan fingerprint density at radius 3 is 2.88 bits per heavy atom. The second-order valence-corrected chi connectivity index (χ2v) is 3.79. The molecule has 4 heteroatoms. The Kier molecular flexibility index (Phi) is 5.30. The summed E-state index contributed by atoms with van der Waals surface area (Å²) in [7, 11) is 0. The van der Waals surface area contributed by atoms with Crippen molar-refractivity contribution in [1.82, 2.24) is 4.98 Å². The summed E-state index contributed by atoms with van der Waals surface area (Å²) in [5.74, 6) is 0.993. The van der Waals surface area contributed by atoms with Crippen LogP contribution in [0.1, 0.15) is 19.5 Å². The minimum atomic E-state index is 0.362. The van der Waals surface area contributed by atoms with Gasteiger partial charge in [-0.3, -0.25) is 0 Å². The van der Waals surface area contributed by atoms with Crippen LogP contribution < -0.4 is 4.74 Å². The number of nitriles is 1. The van der Waals surface area contributed by atoms with E-state index in [0.29, 0.717) is 30.7 Å². The van der Waals surface area contributed by atoms with Crippen LogP contribution in [-0.4, -0.2) is 24.8 Å². The average molecular weight is 220 g/mol. The van der Waals surface area contributed by atoms with Crippen LogP contribution in [0.2, 0.25) is 0 Å². The Labute approximate surface area is 95.8 Å². The van der Waals surface area contributed by atoms with E-state index in [1.165, 1.54) is 0 Å². The minimum Gasteiger partial charge on any atom is -0.475 e. The molecule has 0 saturated heterocycles. The van der Waals surface area contributed by atoms with Crippen molar-refractivity contribution >= 4 is 0 Å². The fraction of sp³-hybridized carbons (Fsp3) is 0.500. The molecule has 16 heavy (non-hydrogen) atoms. The van der Waals surface area contributed by atoms with E-state index in [9.17, 15) is 0 Å². The smallest absolute Gasteiger partial charge is 0.214 e. The van der Waals surface area contributed by atoms with Gasteiger partial charge in [0.1, 0.15) is 18.4 Å². The number of nitrogens with zero attached hydrogens (tertiary/aromatic N) is 2. The second kappa shape index (κ2) is 6.81. The maximum absolute atomic E-state index is 8.64. The van der Waals surface area contributed by atoms with E-state index in [1.54, 1.807) is 18.2 Å². The molecule has 0 amide bonds. The summed E-state index contributed by atoms with van der Waals surface area (Å²) in [6.45, 7) is 5.91. The van der Waals surface area contributed by atoms with Gasteiger partial charge in [0, 0.05) is 12.7 Å². The van der Waals surface area contributed by atoms with Crippen molar-refractivity contribution in [3.05, 3.63) is 23.9 Å². The Bertz CT molecular complexity index is 358. The van der Waals surface area contributed by atoms with Gasteiger partial charge < -0.3 is 9.47 Å². The van der Waals surface area contributed by atoms with E-state index in [-0.39, 0.29) is 0 Å². The van der Waals surface area contributed by atoms with Gasteiger partial charge in [0.15, 0.2) is 0 Å². The number of ether oxygens (including phenoxy) is 2. The topological polar surface area (TPSA) is 55.1 Å². The van der Waals surface area contributed by atoms with E-state index >= 15 is 0 Å². The lowest BCUT2D eigenvalue weighted by molar-refractivity contribution is 0.0806. The van der Waals surface area contributed by atoms with Crippen molar-refractivity contribution in [2.24, 2.45) is 5.92 Å². The molecule has 0 aromatic carbocycles. The summed E-state index contributed by atoms with van der Waals surface area (Å²) in [5.41, 5.74) is 0.362. The Balaban J connectivity index is 2.24. The monoisotopic (exact) mass is 220 g/mol. The van der Waals surface area contributed by atoms with Gasteiger partial charge in [-0.25, -0.2) is 4.98 Å². The summed E-state index contributed by atoms with van der Waals surface area (Å²) >= 11 is 0. The molecule has 4 nitrogen and oxygen atoms in total. The first-order chi connectivity index (χ1) is 7.72. The van der Waals surface area contributed by atoms with Crippen molar-refractivity contribution in [3.63, 3.8) is 0 Å². The lowest BCUT2D eigenvalue weighted by Gasteiger charge is -2.07. The zero-order chi connectivity index (χ0) is 11.8. The number of hydrogen-bond acceptors (Lipinski definition) is 4. The molecule has 0 bridgehead atoms. The molecule has 0 spiro atoms. The lowest BCUT2D eigenvalue weighted by atomic mass is 10.2. The molecule has 0 atom stereocenters. The zero-order valence-electron chi connectivity index (χ0n) is 9.64. The van der Waals surface area contributed by atoms with Crippen LogP contribution in [0.4, 0.5) is 0 Å². The van der Waals surface area contributed by atoms with Gasteiger partial charge in [0.05, 0.1) is 6.61 Å². The summed E-state index contributed by atoms with van der Waals surface area (Å²) < 4.78 is 10.7. The number of rotatable bonds is 6. The molecule has 0 aliphatic rings. The predicted molar refractivity (Wildman–Crippen MR) is 60.1 cm³/mol. The third kappa shape index (κ3) is 4.76. The van der Waals surface area contributed by atoms with E-state index in [1.807, 2.05) is 6.07 Å². The highest BCUT2D eigenvalue weighted by Gasteiger charge is 1.98. The number of pyridine rings is 1. The molecule has 0 aliphatic heterocycles. The average Bonchev–Trinajstić information content (AvgIpc) is 2.28. The van der Waals surface area contributed by atoms with Gasteiger partial charge >= 0.3 is 0 Å². The molecule has 0 unspecified atom stereocenters. The summed E-state index contributed by atoms with van der Waals surface area (Å²) in [6.07, 6.45) is 0. The first-order valence-electron chi connectivity index (χ1n) is 5.30. The molecule has 1 rings (SSSR count). The van der Waals surface area contributed by atoms with Gasteiger partial charge in [0.25, 0.3) is 0 Å². The first-order valence-corrected chi connectivity index (χ1v) is 5.30. The summed E-state index contributed by atoms with van der Waals surface area (Å²) in [6, 6.07) is 7.07.